The summed E-state index contributed by atoms with van der Waals surface area (Å²) >= 11 is 0. The van der Waals surface area contributed by atoms with E-state index in [1.807, 2.05) is 0 Å². The van der Waals surface area contributed by atoms with Crippen molar-refractivity contribution in [2.45, 2.75) is 0 Å². The van der Waals surface area contributed by atoms with Gasteiger partial charge in [0.05, 0.1) is 22.1 Å². The number of fused-ring (bicyclic) bond motifs is 6. The fourth-order valence-electron chi connectivity index (χ4n) is 8.63. The van der Waals surface area contributed by atoms with Gasteiger partial charge in [0.25, 0.3) is 0 Å². The van der Waals surface area contributed by atoms with Gasteiger partial charge in [-0.1, -0.05) is 152 Å². The Bertz CT molecular complexity index is 3220. The molecule has 2 heterocycles. The molecule has 0 atom stereocenters. The Morgan fingerprint density at radius 2 is 0.518 bits per heavy atom. The third kappa shape index (κ3) is 5.34. The lowest BCUT2D eigenvalue weighted by molar-refractivity contribution is 1.18. The largest absolute Gasteiger partial charge is 0.309 e. The summed E-state index contributed by atoms with van der Waals surface area (Å²) in [6, 6.07) is 79.4. The second kappa shape index (κ2) is 13.2. The van der Waals surface area contributed by atoms with E-state index >= 15 is 0 Å². The molecular weight excluding hydrogens is 677 g/mol. The standard InChI is InChI=1S/C54H36N2/c1-4-14-37(15-5-1)40-20-12-22-45(32-40)55-51-25-11-10-24-47(51)48-35-43(27-30-52(48)55)44-28-31-54-50(36-44)49-34-42(39-18-8-3-9-19-39)26-29-53(49)56(54)46-23-13-21-41(33-46)38-16-6-2-7-17-38/h1-36H. The molecule has 0 saturated carbocycles. The van der Waals surface area contributed by atoms with Crippen molar-refractivity contribution in [3.8, 4) is 55.9 Å². The summed E-state index contributed by atoms with van der Waals surface area (Å²) < 4.78 is 4.84. The Morgan fingerprint density at radius 3 is 0.964 bits per heavy atom. The first-order valence-corrected chi connectivity index (χ1v) is 19.3. The van der Waals surface area contributed by atoms with Crippen LogP contribution in [-0.4, -0.2) is 9.13 Å². The van der Waals surface area contributed by atoms with Gasteiger partial charge in [0.2, 0.25) is 0 Å². The number of nitrogens with zero attached hydrogens (tertiary/aromatic N) is 2. The fraction of sp³-hybridized carbons (Fsp3) is 0. The molecule has 262 valence electrons. The average Bonchev–Trinajstić information content (AvgIpc) is 3.79. The summed E-state index contributed by atoms with van der Waals surface area (Å²) in [5.74, 6) is 0. The van der Waals surface area contributed by atoms with Crippen molar-refractivity contribution in [1.29, 1.82) is 0 Å². The highest BCUT2D eigenvalue weighted by Crippen LogP contribution is 2.40. The molecule has 56 heavy (non-hydrogen) atoms. The fourth-order valence-corrected chi connectivity index (χ4v) is 8.63. The first kappa shape index (κ1) is 32.0. The van der Waals surface area contributed by atoms with Crippen molar-refractivity contribution in [3.05, 3.63) is 218 Å². The van der Waals surface area contributed by atoms with Crippen molar-refractivity contribution in [2.75, 3.05) is 0 Å². The maximum absolute atomic E-state index is 2.43. The Balaban J connectivity index is 1.09. The SMILES string of the molecule is c1ccc(-c2cccc(-n3c4ccccc4c4cc(-c5ccc6c(c5)c5cc(-c7ccccc7)ccc5n6-c5cccc(-c6ccccc6)c5)ccc43)c2)cc1. The molecule has 11 rings (SSSR count). The Kier molecular flexibility index (Phi) is 7.53. The lowest BCUT2D eigenvalue weighted by atomic mass is 9.99. The molecule has 0 aliphatic rings. The van der Waals surface area contributed by atoms with E-state index in [0.29, 0.717) is 0 Å². The molecule has 0 aliphatic carbocycles. The van der Waals surface area contributed by atoms with Crippen molar-refractivity contribution in [1.82, 2.24) is 9.13 Å². The molecular formula is C54H36N2. The minimum atomic E-state index is 1.15. The second-order valence-electron chi connectivity index (χ2n) is 14.6. The minimum absolute atomic E-state index is 1.15. The van der Waals surface area contributed by atoms with E-state index in [2.05, 4.69) is 228 Å². The lowest BCUT2D eigenvalue weighted by Crippen LogP contribution is -1.94. The van der Waals surface area contributed by atoms with Gasteiger partial charge in [-0.15, -0.1) is 0 Å². The Labute approximate surface area is 325 Å². The van der Waals surface area contributed by atoms with Crippen molar-refractivity contribution >= 4 is 43.6 Å². The van der Waals surface area contributed by atoms with Gasteiger partial charge >= 0.3 is 0 Å². The molecule has 0 fully saturated rings. The molecule has 0 aliphatic heterocycles. The van der Waals surface area contributed by atoms with Gasteiger partial charge in [-0.3, -0.25) is 0 Å². The summed E-state index contributed by atoms with van der Waals surface area (Å²) in [5, 5.41) is 4.97. The summed E-state index contributed by atoms with van der Waals surface area (Å²) in [7, 11) is 0. The Hall–Kier alpha value is -7.42. The van der Waals surface area contributed by atoms with Gasteiger partial charge < -0.3 is 9.13 Å². The van der Waals surface area contributed by atoms with E-state index in [1.165, 1.54) is 88.1 Å². The highest BCUT2D eigenvalue weighted by molar-refractivity contribution is 6.13. The first-order chi connectivity index (χ1) is 27.8. The van der Waals surface area contributed by atoms with E-state index in [0.717, 1.165) is 11.4 Å². The van der Waals surface area contributed by atoms with Crippen LogP contribution in [0.25, 0.3) is 99.5 Å². The third-order valence-electron chi connectivity index (χ3n) is 11.3. The van der Waals surface area contributed by atoms with Gasteiger partial charge in [0, 0.05) is 32.9 Å². The predicted octanol–water partition coefficient (Wildman–Crippen LogP) is 14.5. The molecule has 2 aromatic heterocycles. The van der Waals surface area contributed by atoms with Crippen LogP contribution in [0.2, 0.25) is 0 Å². The summed E-state index contributed by atoms with van der Waals surface area (Å²) in [6.07, 6.45) is 0. The molecule has 0 saturated heterocycles. The molecule has 0 radical (unpaired) electrons. The topological polar surface area (TPSA) is 9.86 Å². The molecule has 0 amide bonds. The van der Waals surface area contributed by atoms with E-state index in [4.69, 9.17) is 0 Å². The first-order valence-electron chi connectivity index (χ1n) is 19.3. The minimum Gasteiger partial charge on any atom is -0.309 e. The highest BCUT2D eigenvalue weighted by atomic mass is 15.0. The van der Waals surface area contributed by atoms with Crippen molar-refractivity contribution < 1.29 is 0 Å². The zero-order chi connectivity index (χ0) is 37.0. The molecule has 2 nitrogen and oxygen atoms in total. The van der Waals surface area contributed by atoms with Gasteiger partial charge in [-0.2, -0.15) is 0 Å². The van der Waals surface area contributed by atoms with Gasteiger partial charge in [0.15, 0.2) is 0 Å². The molecule has 0 bridgehead atoms. The lowest BCUT2D eigenvalue weighted by Gasteiger charge is -2.11. The van der Waals surface area contributed by atoms with Gasteiger partial charge in [-0.05, 0) is 111 Å². The monoisotopic (exact) mass is 712 g/mol. The number of para-hydroxylation sites is 1. The van der Waals surface area contributed by atoms with Crippen molar-refractivity contribution in [3.63, 3.8) is 0 Å². The van der Waals surface area contributed by atoms with E-state index in [9.17, 15) is 0 Å². The Morgan fingerprint density at radius 1 is 0.196 bits per heavy atom. The van der Waals surface area contributed by atoms with E-state index < -0.39 is 0 Å². The second-order valence-corrected chi connectivity index (χ2v) is 14.6. The number of hydrogen-bond donors (Lipinski definition) is 0. The molecule has 0 unspecified atom stereocenters. The van der Waals surface area contributed by atoms with Crippen LogP contribution in [0.1, 0.15) is 0 Å². The predicted molar refractivity (Wildman–Crippen MR) is 237 cm³/mol. The van der Waals surface area contributed by atoms with Gasteiger partial charge in [0.1, 0.15) is 0 Å². The maximum Gasteiger partial charge on any atom is 0.0541 e. The van der Waals surface area contributed by atoms with Crippen LogP contribution < -0.4 is 0 Å². The van der Waals surface area contributed by atoms with Crippen LogP contribution in [0.15, 0.2) is 218 Å². The van der Waals surface area contributed by atoms with Crippen LogP contribution in [-0.2, 0) is 0 Å². The van der Waals surface area contributed by atoms with Crippen LogP contribution in [0.5, 0.6) is 0 Å². The molecule has 9 aromatic carbocycles. The summed E-state index contributed by atoms with van der Waals surface area (Å²) in [5.41, 5.74) is 16.8. The molecule has 0 N–H and O–H groups in total. The van der Waals surface area contributed by atoms with E-state index in [-0.39, 0.29) is 0 Å². The zero-order valence-corrected chi connectivity index (χ0v) is 30.7. The maximum atomic E-state index is 2.43. The zero-order valence-electron chi connectivity index (χ0n) is 30.7. The van der Waals surface area contributed by atoms with E-state index in [1.54, 1.807) is 0 Å². The normalized spacial score (nSPS) is 11.6. The summed E-state index contributed by atoms with van der Waals surface area (Å²) in [6.45, 7) is 0. The smallest absolute Gasteiger partial charge is 0.0541 e. The highest BCUT2D eigenvalue weighted by Gasteiger charge is 2.17. The van der Waals surface area contributed by atoms with Crippen molar-refractivity contribution in [2.24, 2.45) is 0 Å². The van der Waals surface area contributed by atoms with Crippen LogP contribution in [0, 0.1) is 0 Å². The quantitative estimate of drug-likeness (QED) is 0.162. The third-order valence-corrected chi connectivity index (χ3v) is 11.3. The molecule has 2 heteroatoms. The van der Waals surface area contributed by atoms with Crippen LogP contribution >= 0.6 is 0 Å². The van der Waals surface area contributed by atoms with Crippen LogP contribution in [0.4, 0.5) is 0 Å². The van der Waals surface area contributed by atoms with Gasteiger partial charge in [-0.25, -0.2) is 0 Å². The number of aromatic nitrogens is 2. The van der Waals surface area contributed by atoms with Crippen LogP contribution in [0.3, 0.4) is 0 Å². The molecule has 0 spiro atoms. The number of hydrogen-bond acceptors (Lipinski definition) is 0. The molecule has 11 aromatic rings. The summed E-state index contributed by atoms with van der Waals surface area (Å²) in [4.78, 5) is 0. The number of benzene rings is 9. The average molecular weight is 713 g/mol. The number of rotatable bonds is 6.